The molecular formula is C19H13N5O2S. The number of benzene rings is 1. The van der Waals surface area contributed by atoms with Crippen molar-refractivity contribution in [1.82, 2.24) is 20.2 Å². The first kappa shape index (κ1) is 16.8. The monoisotopic (exact) mass is 375 g/mol. The van der Waals surface area contributed by atoms with Gasteiger partial charge in [0.15, 0.2) is 0 Å². The van der Waals surface area contributed by atoms with Crippen molar-refractivity contribution >= 4 is 22.9 Å². The lowest BCUT2D eigenvalue weighted by molar-refractivity contribution is 0.102. The lowest BCUT2D eigenvalue weighted by Gasteiger charge is -2.06. The fourth-order valence-corrected chi connectivity index (χ4v) is 3.29. The minimum absolute atomic E-state index is 0.133. The molecule has 2 N–H and O–H groups in total. The molecule has 4 aromatic rings. The Balaban J connectivity index is 1.56. The lowest BCUT2D eigenvalue weighted by atomic mass is 10.1. The Bertz CT molecular complexity index is 1130. The zero-order chi connectivity index (χ0) is 18.6. The summed E-state index contributed by atoms with van der Waals surface area (Å²) in [7, 11) is 0. The number of thiazole rings is 1. The van der Waals surface area contributed by atoms with Gasteiger partial charge in [-0.15, -0.1) is 11.3 Å². The van der Waals surface area contributed by atoms with E-state index in [-0.39, 0.29) is 11.3 Å². The number of carbonyl (C=O) groups is 1. The molecule has 0 unspecified atom stereocenters. The van der Waals surface area contributed by atoms with Gasteiger partial charge in [-0.1, -0.05) is 12.1 Å². The molecule has 0 spiro atoms. The molecule has 0 saturated carbocycles. The standard InChI is InChI=1S/C19H13N5O2S/c25-17-5-4-15(23-24-17)18(26)21-14-3-1-2-13(10-14)16-11-27-19(22-16)12-6-8-20-9-7-12/h1-11H,(H,21,26)(H,24,25). The Labute approximate surface area is 157 Å². The van der Waals surface area contributed by atoms with Crippen LogP contribution in [0.15, 0.2) is 71.1 Å². The molecule has 0 aliphatic heterocycles. The summed E-state index contributed by atoms with van der Waals surface area (Å²) in [4.78, 5) is 32.0. The van der Waals surface area contributed by atoms with Gasteiger partial charge in [-0.05, 0) is 30.3 Å². The zero-order valence-electron chi connectivity index (χ0n) is 13.9. The lowest BCUT2D eigenvalue weighted by Crippen LogP contribution is -2.17. The van der Waals surface area contributed by atoms with E-state index >= 15 is 0 Å². The highest BCUT2D eigenvalue weighted by molar-refractivity contribution is 7.13. The van der Waals surface area contributed by atoms with Crippen molar-refractivity contribution in [2.75, 3.05) is 5.32 Å². The van der Waals surface area contributed by atoms with Crippen LogP contribution >= 0.6 is 11.3 Å². The highest BCUT2D eigenvalue weighted by atomic mass is 32.1. The number of amides is 1. The number of aromatic amines is 1. The van der Waals surface area contributed by atoms with Crippen molar-refractivity contribution in [2.24, 2.45) is 0 Å². The van der Waals surface area contributed by atoms with Crippen molar-refractivity contribution in [1.29, 1.82) is 0 Å². The van der Waals surface area contributed by atoms with E-state index in [1.807, 2.05) is 35.7 Å². The zero-order valence-corrected chi connectivity index (χ0v) is 14.7. The number of hydrogen-bond donors (Lipinski definition) is 2. The molecule has 27 heavy (non-hydrogen) atoms. The molecule has 7 nitrogen and oxygen atoms in total. The van der Waals surface area contributed by atoms with Gasteiger partial charge in [0.25, 0.3) is 11.5 Å². The normalized spacial score (nSPS) is 10.5. The minimum atomic E-state index is -0.404. The van der Waals surface area contributed by atoms with Gasteiger partial charge in [0, 0.05) is 40.7 Å². The van der Waals surface area contributed by atoms with Gasteiger partial charge in [-0.3, -0.25) is 14.6 Å². The van der Waals surface area contributed by atoms with Gasteiger partial charge in [-0.25, -0.2) is 10.1 Å². The molecule has 0 aliphatic rings. The Kier molecular flexibility index (Phi) is 4.54. The molecular weight excluding hydrogens is 362 g/mol. The first-order chi connectivity index (χ1) is 13.2. The van der Waals surface area contributed by atoms with Crippen LogP contribution in [0, 0.1) is 0 Å². The average Bonchev–Trinajstić information content (AvgIpc) is 3.20. The van der Waals surface area contributed by atoms with Gasteiger partial charge in [0.2, 0.25) is 0 Å². The van der Waals surface area contributed by atoms with Gasteiger partial charge in [0.05, 0.1) is 5.69 Å². The van der Waals surface area contributed by atoms with Crippen LogP contribution < -0.4 is 10.9 Å². The van der Waals surface area contributed by atoms with Crippen molar-refractivity contribution in [3.05, 3.63) is 82.4 Å². The maximum Gasteiger partial charge on any atom is 0.276 e. The number of anilines is 1. The fourth-order valence-electron chi connectivity index (χ4n) is 2.46. The van der Waals surface area contributed by atoms with E-state index in [2.05, 4.69) is 25.5 Å². The molecule has 1 aromatic carbocycles. The Morgan fingerprint density at radius 1 is 1.04 bits per heavy atom. The average molecular weight is 375 g/mol. The number of H-pyrrole nitrogens is 1. The Morgan fingerprint density at radius 2 is 1.89 bits per heavy atom. The summed E-state index contributed by atoms with van der Waals surface area (Å²) in [6.45, 7) is 0. The second-order valence-electron chi connectivity index (χ2n) is 5.62. The highest BCUT2D eigenvalue weighted by Gasteiger charge is 2.10. The van der Waals surface area contributed by atoms with Crippen LogP contribution in [-0.4, -0.2) is 26.1 Å². The van der Waals surface area contributed by atoms with Gasteiger partial charge in [-0.2, -0.15) is 5.10 Å². The summed E-state index contributed by atoms with van der Waals surface area (Å²) in [6, 6.07) is 13.9. The number of nitrogens with one attached hydrogen (secondary N) is 2. The maximum atomic E-state index is 12.2. The van der Waals surface area contributed by atoms with Crippen molar-refractivity contribution in [3.8, 4) is 21.8 Å². The van der Waals surface area contributed by atoms with Gasteiger partial charge in [0.1, 0.15) is 10.7 Å². The molecule has 8 heteroatoms. The molecule has 1 amide bonds. The summed E-state index contributed by atoms with van der Waals surface area (Å²) >= 11 is 1.55. The van der Waals surface area contributed by atoms with Gasteiger partial charge >= 0.3 is 0 Å². The third-order valence-corrected chi connectivity index (χ3v) is 4.65. The predicted molar refractivity (Wildman–Crippen MR) is 104 cm³/mol. The molecule has 0 saturated heterocycles. The summed E-state index contributed by atoms with van der Waals surface area (Å²) in [6.07, 6.45) is 3.47. The third-order valence-electron chi connectivity index (χ3n) is 3.76. The SMILES string of the molecule is O=C(Nc1cccc(-c2csc(-c3ccncc3)n2)c1)c1ccc(=O)[nH]n1. The van der Waals surface area contributed by atoms with Crippen LogP contribution in [0.1, 0.15) is 10.5 Å². The second kappa shape index (κ2) is 7.30. The Hall–Kier alpha value is -3.65. The van der Waals surface area contributed by atoms with E-state index in [1.54, 1.807) is 29.8 Å². The van der Waals surface area contributed by atoms with E-state index in [1.165, 1.54) is 12.1 Å². The molecule has 3 heterocycles. The van der Waals surface area contributed by atoms with E-state index < -0.39 is 5.91 Å². The van der Waals surface area contributed by atoms with E-state index in [4.69, 9.17) is 0 Å². The summed E-state index contributed by atoms with van der Waals surface area (Å²) < 4.78 is 0. The van der Waals surface area contributed by atoms with E-state index in [9.17, 15) is 9.59 Å². The number of hydrogen-bond acceptors (Lipinski definition) is 6. The number of rotatable bonds is 4. The smallest absolute Gasteiger partial charge is 0.276 e. The van der Waals surface area contributed by atoms with Crippen LogP contribution in [-0.2, 0) is 0 Å². The summed E-state index contributed by atoms with van der Waals surface area (Å²) in [5.74, 6) is -0.404. The highest BCUT2D eigenvalue weighted by Crippen LogP contribution is 2.29. The quantitative estimate of drug-likeness (QED) is 0.570. The van der Waals surface area contributed by atoms with Crippen LogP contribution in [0.3, 0.4) is 0 Å². The predicted octanol–water partition coefficient (Wildman–Crippen LogP) is 3.21. The van der Waals surface area contributed by atoms with Crippen LogP contribution in [0.2, 0.25) is 0 Å². The summed E-state index contributed by atoms with van der Waals surface area (Å²) in [5.41, 5.74) is 3.11. The largest absolute Gasteiger partial charge is 0.321 e. The minimum Gasteiger partial charge on any atom is -0.321 e. The van der Waals surface area contributed by atoms with Gasteiger partial charge < -0.3 is 5.32 Å². The second-order valence-corrected chi connectivity index (χ2v) is 6.47. The number of carbonyl (C=O) groups excluding carboxylic acids is 1. The van der Waals surface area contributed by atoms with E-state index in [0.29, 0.717) is 5.69 Å². The first-order valence-electron chi connectivity index (χ1n) is 8.02. The maximum absolute atomic E-state index is 12.2. The summed E-state index contributed by atoms with van der Waals surface area (Å²) in [5, 5.41) is 11.6. The van der Waals surface area contributed by atoms with Crippen LogP contribution in [0.5, 0.6) is 0 Å². The number of nitrogens with zero attached hydrogens (tertiary/aromatic N) is 3. The first-order valence-corrected chi connectivity index (χ1v) is 8.90. The molecule has 132 valence electrons. The molecule has 0 radical (unpaired) electrons. The molecule has 0 fully saturated rings. The van der Waals surface area contributed by atoms with Crippen molar-refractivity contribution in [2.45, 2.75) is 0 Å². The third kappa shape index (κ3) is 3.80. The van der Waals surface area contributed by atoms with Crippen molar-refractivity contribution in [3.63, 3.8) is 0 Å². The Morgan fingerprint density at radius 3 is 2.67 bits per heavy atom. The molecule has 4 rings (SSSR count). The topological polar surface area (TPSA) is 101 Å². The molecule has 0 aliphatic carbocycles. The van der Waals surface area contributed by atoms with Crippen LogP contribution in [0.25, 0.3) is 21.8 Å². The fraction of sp³-hybridized carbons (Fsp3) is 0. The molecule has 3 aromatic heterocycles. The molecule has 0 atom stereocenters. The van der Waals surface area contributed by atoms with E-state index in [0.717, 1.165) is 21.8 Å². The molecule has 0 bridgehead atoms. The van der Waals surface area contributed by atoms with Crippen molar-refractivity contribution < 1.29 is 4.79 Å². The number of pyridine rings is 1. The van der Waals surface area contributed by atoms with Crippen LogP contribution in [0.4, 0.5) is 5.69 Å². The number of aromatic nitrogens is 4.